The highest BCUT2D eigenvalue weighted by atomic mass is 16.5. The number of aryl methyl sites for hydroxylation is 2. The minimum atomic E-state index is 0.0950. The van der Waals surface area contributed by atoms with Gasteiger partial charge >= 0.3 is 0 Å². The molecule has 114 valence electrons. The van der Waals surface area contributed by atoms with Crippen LogP contribution in [-0.4, -0.2) is 19.8 Å². The third-order valence-electron chi connectivity index (χ3n) is 3.63. The fourth-order valence-electron chi connectivity index (χ4n) is 2.88. The summed E-state index contributed by atoms with van der Waals surface area (Å²) in [6, 6.07) is 7.01. The molecule has 1 aromatic rings. The quantitative estimate of drug-likeness (QED) is 0.832. The van der Waals surface area contributed by atoms with Crippen LogP contribution in [0.5, 0.6) is 0 Å². The first-order chi connectivity index (χ1) is 9.29. The molecule has 0 radical (unpaired) electrons. The maximum atomic E-state index is 5.85. The lowest BCUT2D eigenvalue weighted by atomic mass is 9.81. The summed E-state index contributed by atoms with van der Waals surface area (Å²) in [6.07, 6.45) is 1.28. The van der Waals surface area contributed by atoms with Gasteiger partial charge in [-0.1, -0.05) is 57.0 Å². The van der Waals surface area contributed by atoms with E-state index in [1.807, 2.05) is 7.11 Å². The first-order valence-electron chi connectivity index (χ1n) is 7.64. The van der Waals surface area contributed by atoms with E-state index in [1.54, 1.807) is 0 Å². The lowest BCUT2D eigenvalue weighted by molar-refractivity contribution is -0.0119. The summed E-state index contributed by atoms with van der Waals surface area (Å²) in [4.78, 5) is 0. The number of rotatable bonds is 6. The molecule has 0 bridgehead atoms. The molecular formula is C18H31NO. The molecular weight excluding hydrogens is 246 g/mol. The molecule has 1 N–H and O–H groups in total. The number of ether oxygens (including phenoxy) is 1. The molecule has 20 heavy (non-hydrogen) atoms. The van der Waals surface area contributed by atoms with Gasteiger partial charge in [-0.15, -0.1) is 0 Å². The smallest absolute Gasteiger partial charge is 0.0814 e. The molecule has 0 aliphatic rings. The Kier molecular flexibility index (Phi) is 6.22. The molecule has 0 fully saturated rings. The van der Waals surface area contributed by atoms with E-state index in [0.717, 1.165) is 13.0 Å². The third kappa shape index (κ3) is 4.60. The molecule has 2 heteroatoms. The second kappa shape index (κ2) is 7.24. The highest BCUT2D eigenvalue weighted by molar-refractivity contribution is 5.31. The van der Waals surface area contributed by atoms with Crippen molar-refractivity contribution >= 4 is 0 Å². The van der Waals surface area contributed by atoms with E-state index >= 15 is 0 Å². The summed E-state index contributed by atoms with van der Waals surface area (Å²) in [5.41, 5.74) is 4.05. The average Bonchev–Trinajstić information content (AvgIpc) is 2.31. The molecule has 0 aliphatic carbocycles. The summed E-state index contributed by atoms with van der Waals surface area (Å²) in [6.45, 7) is 14.2. The fraction of sp³-hybridized carbons (Fsp3) is 0.667. The van der Waals surface area contributed by atoms with Crippen molar-refractivity contribution in [3.63, 3.8) is 0 Å². The van der Waals surface area contributed by atoms with Crippen molar-refractivity contribution in [2.75, 3.05) is 13.7 Å². The third-order valence-corrected chi connectivity index (χ3v) is 3.63. The van der Waals surface area contributed by atoms with E-state index in [4.69, 9.17) is 4.74 Å². The van der Waals surface area contributed by atoms with Gasteiger partial charge in [0, 0.05) is 7.11 Å². The Hall–Kier alpha value is -0.860. The summed E-state index contributed by atoms with van der Waals surface area (Å²) >= 11 is 0. The van der Waals surface area contributed by atoms with Gasteiger partial charge in [-0.2, -0.15) is 0 Å². The first-order valence-corrected chi connectivity index (χ1v) is 7.64. The van der Waals surface area contributed by atoms with Crippen LogP contribution in [0.3, 0.4) is 0 Å². The highest BCUT2D eigenvalue weighted by Gasteiger charge is 2.33. The molecule has 0 saturated carbocycles. The Morgan fingerprint density at radius 3 is 2.05 bits per heavy atom. The molecule has 2 atom stereocenters. The maximum absolute atomic E-state index is 5.85. The monoisotopic (exact) mass is 277 g/mol. The Morgan fingerprint density at radius 2 is 1.65 bits per heavy atom. The molecule has 2 nitrogen and oxygen atoms in total. The van der Waals surface area contributed by atoms with Crippen LogP contribution >= 0.6 is 0 Å². The van der Waals surface area contributed by atoms with Crippen LogP contribution in [0.25, 0.3) is 0 Å². The van der Waals surface area contributed by atoms with Gasteiger partial charge in [0.25, 0.3) is 0 Å². The van der Waals surface area contributed by atoms with Crippen molar-refractivity contribution < 1.29 is 4.74 Å². The first kappa shape index (κ1) is 17.2. The van der Waals surface area contributed by atoms with Crippen LogP contribution < -0.4 is 5.32 Å². The molecule has 0 saturated heterocycles. The number of hydrogen-bond donors (Lipinski definition) is 1. The van der Waals surface area contributed by atoms with Gasteiger partial charge in [0.2, 0.25) is 0 Å². The molecule has 0 heterocycles. The number of hydrogen-bond acceptors (Lipinski definition) is 2. The predicted molar refractivity (Wildman–Crippen MR) is 87.2 cm³/mol. The van der Waals surface area contributed by atoms with Crippen molar-refractivity contribution in [2.45, 2.75) is 60.1 Å². The second-order valence-corrected chi connectivity index (χ2v) is 6.88. The number of benzene rings is 1. The predicted octanol–water partition coefficient (Wildman–Crippen LogP) is 4.41. The topological polar surface area (TPSA) is 21.3 Å². The van der Waals surface area contributed by atoms with Crippen LogP contribution in [0, 0.1) is 19.3 Å². The average molecular weight is 277 g/mol. The lowest BCUT2D eigenvalue weighted by Crippen LogP contribution is -2.41. The number of methoxy groups -OCH3 is 1. The van der Waals surface area contributed by atoms with E-state index in [-0.39, 0.29) is 17.6 Å². The normalized spacial score (nSPS) is 15.2. The zero-order valence-electron chi connectivity index (χ0n) is 14.2. The van der Waals surface area contributed by atoms with Crippen LogP contribution in [0.4, 0.5) is 0 Å². The van der Waals surface area contributed by atoms with Gasteiger partial charge in [0.15, 0.2) is 0 Å². The fourth-order valence-corrected chi connectivity index (χ4v) is 2.88. The SMILES string of the molecule is CCCNC(c1cc(C)cc(C)c1)C(OC)C(C)(C)C. The lowest BCUT2D eigenvalue weighted by Gasteiger charge is -2.37. The molecule has 2 unspecified atom stereocenters. The van der Waals surface area contributed by atoms with E-state index in [1.165, 1.54) is 16.7 Å². The minimum absolute atomic E-state index is 0.0950. The summed E-state index contributed by atoms with van der Waals surface area (Å²) < 4.78 is 5.85. The molecule has 0 aliphatic heterocycles. The standard InChI is InChI=1S/C18H31NO/c1-8-9-19-16(17(20-7)18(4,5)6)15-11-13(2)10-14(3)12-15/h10-12,16-17,19H,8-9H2,1-7H3. The van der Waals surface area contributed by atoms with Crippen LogP contribution in [-0.2, 0) is 4.74 Å². The van der Waals surface area contributed by atoms with E-state index in [9.17, 15) is 0 Å². The Labute approximate surface area is 124 Å². The zero-order chi connectivity index (χ0) is 15.3. The van der Waals surface area contributed by atoms with Crippen molar-refractivity contribution in [3.8, 4) is 0 Å². The molecule has 1 rings (SSSR count). The Morgan fingerprint density at radius 1 is 1.10 bits per heavy atom. The van der Waals surface area contributed by atoms with Gasteiger partial charge < -0.3 is 10.1 Å². The Balaban J connectivity index is 3.16. The summed E-state index contributed by atoms with van der Waals surface area (Å²) in [5.74, 6) is 0. The maximum Gasteiger partial charge on any atom is 0.0814 e. The zero-order valence-corrected chi connectivity index (χ0v) is 14.2. The van der Waals surface area contributed by atoms with Crippen LogP contribution in [0.2, 0.25) is 0 Å². The summed E-state index contributed by atoms with van der Waals surface area (Å²) in [5, 5.41) is 3.67. The van der Waals surface area contributed by atoms with Crippen LogP contribution in [0.1, 0.15) is 56.8 Å². The van der Waals surface area contributed by atoms with Gasteiger partial charge in [-0.05, 0) is 37.8 Å². The molecule has 0 amide bonds. The summed E-state index contributed by atoms with van der Waals surface area (Å²) in [7, 11) is 1.82. The minimum Gasteiger partial charge on any atom is -0.379 e. The van der Waals surface area contributed by atoms with Crippen molar-refractivity contribution in [2.24, 2.45) is 5.41 Å². The van der Waals surface area contributed by atoms with E-state index < -0.39 is 0 Å². The van der Waals surface area contributed by atoms with Gasteiger partial charge in [0.05, 0.1) is 12.1 Å². The van der Waals surface area contributed by atoms with Crippen LogP contribution in [0.15, 0.2) is 18.2 Å². The van der Waals surface area contributed by atoms with Crippen molar-refractivity contribution in [1.29, 1.82) is 0 Å². The van der Waals surface area contributed by atoms with E-state index in [2.05, 4.69) is 65.1 Å². The highest BCUT2D eigenvalue weighted by Crippen LogP contribution is 2.33. The van der Waals surface area contributed by atoms with Gasteiger partial charge in [0.1, 0.15) is 0 Å². The second-order valence-electron chi connectivity index (χ2n) is 6.88. The number of nitrogens with one attached hydrogen (secondary N) is 1. The van der Waals surface area contributed by atoms with Crippen molar-refractivity contribution in [3.05, 3.63) is 34.9 Å². The van der Waals surface area contributed by atoms with Crippen molar-refractivity contribution in [1.82, 2.24) is 5.32 Å². The molecule has 0 aromatic heterocycles. The Bertz CT molecular complexity index is 400. The van der Waals surface area contributed by atoms with Gasteiger partial charge in [-0.25, -0.2) is 0 Å². The van der Waals surface area contributed by atoms with Gasteiger partial charge in [-0.3, -0.25) is 0 Å². The van der Waals surface area contributed by atoms with E-state index in [0.29, 0.717) is 0 Å². The largest absolute Gasteiger partial charge is 0.379 e. The molecule has 0 spiro atoms. The molecule has 1 aromatic carbocycles.